The van der Waals surface area contributed by atoms with Crippen molar-refractivity contribution in [2.24, 2.45) is 0 Å². The molecule has 0 aliphatic heterocycles. The van der Waals surface area contributed by atoms with E-state index >= 15 is 0 Å². The molecule has 0 fully saturated rings. The van der Waals surface area contributed by atoms with Gasteiger partial charge in [-0.25, -0.2) is 9.97 Å². The van der Waals surface area contributed by atoms with E-state index in [-0.39, 0.29) is 12.3 Å². The Morgan fingerprint density at radius 2 is 1.75 bits per heavy atom. The monoisotopic (exact) mass is 380 g/mol. The number of benzene rings is 1. The zero-order valence-electron chi connectivity index (χ0n) is 16.7. The zero-order valence-corrected chi connectivity index (χ0v) is 16.7. The van der Waals surface area contributed by atoms with Crippen LogP contribution in [0.5, 0.6) is 0 Å². The number of anilines is 4. The average molecular weight is 380 g/mol. The predicted molar refractivity (Wildman–Crippen MR) is 109 cm³/mol. The summed E-state index contributed by atoms with van der Waals surface area (Å²) in [5.74, 6) is 2.79. The normalized spacial score (nSPS) is 10.6. The van der Waals surface area contributed by atoms with Gasteiger partial charge in [0, 0.05) is 37.1 Å². The molecule has 3 rings (SSSR count). The fraction of sp³-hybridized carbons (Fsp3) is 0.300. The van der Waals surface area contributed by atoms with E-state index in [1.807, 2.05) is 63.2 Å². The lowest BCUT2D eigenvalue weighted by atomic mass is 10.1. The van der Waals surface area contributed by atoms with E-state index in [1.165, 1.54) is 0 Å². The van der Waals surface area contributed by atoms with Gasteiger partial charge < -0.3 is 20.1 Å². The van der Waals surface area contributed by atoms with E-state index in [0.29, 0.717) is 17.4 Å². The first kappa shape index (κ1) is 19.3. The van der Waals surface area contributed by atoms with E-state index in [4.69, 9.17) is 4.52 Å². The highest BCUT2D eigenvalue weighted by Gasteiger charge is 2.13. The number of amides is 1. The molecule has 146 valence electrons. The fourth-order valence-corrected chi connectivity index (χ4v) is 2.75. The number of hydrogen-bond acceptors (Lipinski definition) is 7. The Morgan fingerprint density at radius 3 is 2.36 bits per heavy atom. The van der Waals surface area contributed by atoms with Crippen molar-refractivity contribution >= 4 is 28.9 Å². The van der Waals surface area contributed by atoms with Crippen molar-refractivity contribution in [3.63, 3.8) is 0 Å². The molecule has 0 saturated carbocycles. The third-order valence-electron chi connectivity index (χ3n) is 4.24. The molecule has 0 radical (unpaired) electrons. The van der Waals surface area contributed by atoms with Crippen LogP contribution in [0.4, 0.5) is 23.0 Å². The number of nitrogens with one attached hydrogen (secondary N) is 2. The summed E-state index contributed by atoms with van der Waals surface area (Å²) in [4.78, 5) is 23.0. The van der Waals surface area contributed by atoms with Crippen LogP contribution in [0.2, 0.25) is 0 Å². The molecule has 2 heterocycles. The van der Waals surface area contributed by atoms with E-state index in [2.05, 4.69) is 25.8 Å². The Kier molecular flexibility index (Phi) is 5.58. The molecule has 8 nitrogen and oxygen atoms in total. The minimum atomic E-state index is -0.114. The number of aromatic nitrogens is 3. The largest absolute Gasteiger partial charge is 0.363 e. The molecule has 28 heavy (non-hydrogen) atoms. The SMILES string of the molecule is Cc1nc(Nc2ccc(NC(=O)Cc3c(C)noc3C)cc2)cc(N(C)C)n1. The smallest absolute Gasteiger partial charge is 0.228 e. The van der Waals surface area contributed by atoms with Gasteiger partial charge in [-0.3, -0.25) is 4.79 Å². The Bertz CT molecular complexity index is 959. The van der Waals surface area contributed by atoms with Gasteiger partial charge in [0.2, 0.25) is 5.91 Å². The summed E-state index contributed by atoms with van der Waals surface area (Å²) >= 11 is 0. The van der Waals surface area contributed by atoms with Gasteiger partial charge in [-0.15, -0.1) is 0 Å². The first-order valence-corrected chi connectivity index (χ1v) is 8.93. The molecule has 0 aliphatic rings. The lowest BCUT2D eigenvalue weighted by Gasteiger charge is -2.14. The zero-order chi connectivity index (χ0) is 20.3. The second kappa shape index (κ2) is 8.08. The van der Waals surface area contributed by atoms with Crippen molar-refractivity contribution in [2.45, 2.75) is 27.2 Å². The third-order valence-corrected chi connectivity index (χ3v) is 4.24. The van der Waals surface area contributed by atoms with E-state index in [9.17, 15) is 4.79 Å². The average Bonchev–Trinajstić information content (AvgIpc) is 2.95. The summed E-state index contributed by atoms with van der Waals surface area (Å²) in [5.41, 5.74) is 3.15. The lowest BCUT2D eigenvalue weighted by molar-refractivity contribution is -0.115. The molecule has 2 aromatic heterocycles. The number of nitrogens with zero attached hydrogens (tertiary/aromatic N) is 4. The van der Waals surface area contributed by atoms with Crippen LogP contribution in [0.3, 0.4) is 0 Å². The predicted octanol–water partition coefficient (Wildman–Crippen LogP) is 3.38. The first-order chi connectivity index (χ1) is 13.3. The Labute approximate surface area is 164 Å². The molecule has 0 bridgehead atoms. The molecule has 2 N–H and O–H groups in total. The molecule has 1 aromatic carbocycles. The van der Waals surface area contributed by atoms with Crippen LogP contribution in [-0.2, 0) is 11.2 Å². The van der Waals surface area contributed by atoms with Gasteiger partial charge in [0.1, 0.15) is 23.2 Å². The van der Waals surface area contributed by atoms with E-state index in [0.717, 1.165) is 28.5 Å². The summed E-state index contributed by atoms with van der Waals surface area (Å²) in [5, 5.41) is 10.0. The third kappa shape index (κ3) is 4.64. The minimum absolute atomic E-state index is 0.114. The quantitative estimate of drug-likeness (QED) is 0.677. The van der Waals surface area contributed by atoms with Crippen LogP contribution in [0.1, 0.15) is 22.8 Å². The van der Waals surface area contributed by atoms with Crippen LogP contribution >= 0.6 is 0 Å². The van der Waals surface area contributed by atoms with Crippen molar-refractivity contribution in [3.8, 4) is 0 Å². The maximum Gasteiger partial charge on any atom is 0.228 e. The number of carbonyl (C=O) groups is 1. The summed E-state index contributed by atoms with van der Waals surface area (Å²) in [6.45, 7) is 5.49. The maximum absolute atomic E-state index is 12.3. The molecule has 0 unspecified atom stereocenters. The molecular formula is C20H24N6O2. The van der Waals surface area contributed by atoms with Crippen molar-refractivity contribution < 1.29 is 9.32 Å². The van der Waals surface area contributed by atoms with Crippen LogP contribution < -0.4 is 15.5 Å². The van der Waals surface area contributed by atoms with E-state index < -0.39 is 0 Å². The van der Waals surface area contributed by atoms with Gasteiger partial charge >= 0.3 is 0 Å². The van der Waals surface area contributed by atoms with Gasteiger partial charge in [-0.1, -0.05) is 5.16 Å². The lowest BCUT2D eigenvalue weighted by Crippen LogP contribution is -2.15. The van der Waals surface area contributed by atoms with Crippen molar-refractivity contribution in [1.29, 1.82) is 0 Å². The van der Waals surface area contributed by atoms with Gasteiger partial charge in [-0.05, 0) is 45.0 Å². The van der Waals surface area contributed by atoms with Crippen molar-refractivity contribution in [3.05, 3.63) is 53.2 Å². The molecule has 1 amide bonds. The Hall–Kier alpha value is -3.42. The Morgan fingerprint density at radius 1 is 1.07 bits per heavy atom. The van der Waals surface area contributed by atoms with Gasteiger partial charge in [-0.2, -0.15) is 0 Å². The Balaban J connectivity index is 1.64. The fourth-order valence-electron chi connectivity index (χ4n) is 2.75. The second-order valence-electron chi connectivity index (χ2n) is 6.78. The van der Waals surface area contributed by atoms with Gasteiger partial charge in [0.25, 0.3) is 0 Å². The minimum Gasteiger partial charge on any atom is -0.363 e. The van der Waals surface area contributed by atoms with Crippen LogP contribution in [-0.4, -0.2) is 35.1 Å². The summed E-state index contributed by atoms with van der Waals surface area (Å²) < 4.78 is 5.10. The highest BCUT2D eigenvalue weighted by Crippen LogP contribution is 2.21. The van der Waals surface area contributed by atoms with Crippen LogP contribution in [0.25, 0.3) is 0 Å². The number of hydrogen-bond donors (Lipinski definition) is 2. The summed E-state index contributed by atoms with van der Waals surface area (Å²) in [6, 6.07) is 9.34. The van der Waals surface area contributed by atoms with Crippen LogP contribution in [0.15, 0.2) is 34.9 Å². The van der Waals surface area contributed by atoms with E-state index in [1.54, 1.807) is 6.92 Å². The molecular weight excluding hydrogens is 356 g/mol. The standard InChI is InChI=1S/C20H24N6O2/c1-12-17(13(2)28-25-12)10-20(27)24-16-8-6-15(7-9-16)23-18-11-19(26(4)5)22-14(3)21-18/h6-9,11H,10H2,1-5H3,(H,24,27)(H,21,22,23). The highest BCUT2D eigenvalue weighted by atomic mass is 16.5. The summed E-state index contributed by atoms with van der Waals surface area (Å²) in [6.07, 6.45) is 0.231. The number of carbonyl (C=O) groups excluding carboxylic acids is 1. The topological polar surface area (TPSA) is 96.2 Å². The summed E-state index contributed by atoms with van der Waals surface area (Å²) in [7, 11) is 3.87. The molecule has 0 atom stereocenters. The molecule has 0 saturated heterocycles. The highest BCUT2D eigenvalue weighted by molar-refractivity contribution is 5.92. The number of rotatable bonds is 6. The second-order valence-corrected chi connectivity index (χ2v) is 6.78. The van der Waals surface area contributed by atoms with Crippen LogP contribution in [0, 0.1) is 20.8 Å². The molecule has 0 spiro atoms. The van der Waals surface area contributed by atoms with Crippen molar-refractivity contribution in [2.75, 3.05) is 29.6 Å². The van der Waals surface area contributed by atoms with Gasteiger partial charge in [0.05, 0.1) is 12.1 Å². The van der Waals surface area contributed by atoms with Crippen molar-refractivity contribution in [1.82, 2.24) is 15.1 Å². The first-order valence-electron chi connectivity index (χ1n) is 8.93. The maximum atomic E-state index is 12.3. The molecule has 8 heteroatoms. The molecule has 0 aliphatic carbocycles. The van der Waals surface area contributed by atoms with Gasteiger partial charge in [0.15, 0.2) is 0 Å². The number of aryl methyl sites for hydroxylation is 3. The molecule has 3 aromatic rings.